The molecule has 1 unspecified atom stereocenters. The first-order chi connectivity index (χ1) is 12.0. The molecular weight excluding hydrogens is 320 g/mol. The normalized spacial score (nSPS) is 12.3. The van der Waals surface area contributed by atoms with Crippen LogP contribution < -0.4 is 5.73 Å². The van der Waals surface area contributed by atoms with Crippen LogP contribution in [0.4, 0.5) is 0 Å². The van der Waals surface area contributed by atoms with Gasteiger partial charge in [-0.25, -0.2) is 15.0 Å². The lowest BCUT2D eigenvalue weighted by atomic mass is 10.1. The zero-order chi connectivity index (χ0) is 18.0. The monoisotopic (exact) mass is 340 g/mol. The number of rotatable bonds is 6. The van der Waals surface area contributed by atoms with E-state index in [9.17, 15) is 4.79 Å². The highest BCUT2D eigenvalue weighted by atomic mass is 16.1. The maximum atomic E-state index is 11.2. The topological polar surface area (TPSA) is 117 Å². The van der Waals surface area contributed by atoms with Crippen LogP contribution in [0, 0.1) is 5.92 Å². The van der Waals surface area contributed by atoms with Crippen molar-refractivity contribution >= 4 is 5.91 Å². The number of nitrogens with two attached hydrogens (primary N) is 1. The first-order valence-electron chi connectivity index (χ1n) is 8.06. The van der Waals surface area contributed by atoms with Crippen molar-refractivity contribution in [1.29, 1.82) is 0 Å². The third-order valence-electron chi connectivity index (χ3n) is 4.02. The molecule has 0 spiro atoms. The minimum atomic E-state index is -0.621. The molecule has 2 N–H and O–H groups in total. The molecule has 9 nitrogen and oxygen atoms in total. The SMILES string of the molecule is CCC(C)Cc1nc(-c2cnc(C(N)=O)cn2)n(-c2ccnn2C)n1. The summed E-state index contributed by atoms with van der Waals surface area (Å²) in [6, 6.07) is 1.84. The van der Waals surface area contributed by atoms with Gasteiger partial charge in [-0.1, -0.05) is 20.3 Å². The van der Waals surface area contributed by atoms with Crippen molar-refractivity contribution in [3.8, 4) is 17.3 Å². The van der Waals surface area contributed by atoms with Gasteiger partial charge in [0.15, 0.2) is 17.5 Å². The fraction of sp³-hybridized carbons (Fsp3) is 0.375. The Balaban J connectivity index is 2.07. The molecular formula is C16H20N8O. The maximum Gasteiger partial charge on any atom is 0.268 e. The second kappa shape index (κ2) is 6.80. The average molecular weight is 340 g/mol. The molecule has 1 amide bonds. The summed E-state index contributed by atoms with van der Waals surface area (Å²) in [5.41, 5.74) is 5.83. The molecule has 0 radical (unpaired) electrons. The van der Waals surface area contributed by atoms with E-state index in [-0.39, 0.29) is 5.69 Å². The maximum absolute atomic E-state index is 11.2. The summed E-state index contributed by atoms with van der Waals surface area (Å²) in [4.78, 5) is 24.1. The Bertz CT molecular complexity index is 880. The Kier molecular flexibility index (Phi) is 4.55. The summed E-state index contributed by atoms with van der Waals surface area (Å²) in [6.45, 7) is 4.30. The molecule has 3 rings (SSSR count). The molecule has 9 heteroatoms. The summed E-state index contributed by atoms with van der Waals surface area (Å²) in [7, 11) is 1.83. The second-order valence-corrected chi connectivity index (χ2v) is 5.95. The van der Waals surface area contributed by atoms with Gasteiger partial charge >= 0.3 is 0 Å². The van der Waals surface area contributed by atoms with Crippen LogP contribution in [0.25, 0.3) is 17.3 Å². The number of carbonyl (C=O) groups is 1. The number of amides is 1. The Morgan fingerprint density at radius 2 is 2.12 bits per heavy atom. The van der Waals surface area contributed by atoms with Crippen molar-refractivity contribution in [3.63, 3.8) is 0 Å². The van der Waals surface area contributed by atoms with E-state index in [0.717, 1.165) is 24.5 Å². The van der Waals surface area contributed by atoms with E-state index in [0.29, 0.717) is 17.4 Å². The molecule has 0 aliphatic rings. The quantitative estimate of drug-likeness (QED) is 0.719. The number of aryl methyl sites for hydroxylation is 1. The standard InChI is InChI=1S/C16H20N8O/c1-4-10(2)7-13-21-16(12-9-18-11(8-19-12)15(17)25)24(22-13)14-5-6-20-23(14)3/h5-6,8-10H,4,7H2,1-3H3,(H2,17,25). The zero-order valence-corrected chi connectivity index (χ0v) is 14.4. The predicted octanol–water partition coefficient (Wildman–Crippen LogP) is 1.15. The Hall–Kier alpha value is -3.10. The van der Waals surface area contributed by atoms with Gasteiger partial charge < -0.3 is 5.73 Å². The molecule has 25 heavy (non-hydrogen) atoms. The minimum Gasteiger partial charge on any atom is -0.364 e. The third kappa shape index (κ3) is 3.39. The van der Waals surface area contributed by atoms with E-state index in [1.807, 2.05) is 13.1 Å². The summed E-state index contributed by atoms with van der Waals surface area (Å²) in [6.07, 6.45) is 6.32. The molecule has 130 valence electrons. The summed E-state index contributed by atoms with van der Waals surface area (Å²) in [5, 5.41) is 8.80. The Morgan fingerprint density at radius 1 is 1.32 bits per heavy atom. The van der Waals surface area contributed by atoms with Crippen LogP contribution in [0.15, 0.2) is 24.7 Å². The van der Waals surface area contributed by atoms with Crippen LogP contribution in [0.2, 0.25) is 0 Å². The molecule has 0 aromatic carbocycles. The Labute approximate surface area is 144 Å². The molecule has 3 heterocycles. The van der Waals surface area contributed by atoms with Gasteiger partial charge in [0.2, 0.25) is 0 Å². The molecule has 0 fully saturated rings. The average Bonchev–Trinajstić information content (AvgIpc) is 3.20. The predicted molar refractivity (Wildman–Crippen MR) is 90.8 cm³/mol. The highest BCUT2D eigenvalue weighted by Crippen LogP contribution is 2.20. The van der Waals surface area contributed by atoms with Crippen LogP contribution >= 0.6 is 0 Å². The number of hydrogen-bond donors (Lipinski definition) is 1. The van der Waals surface area contributed by atoms with Crippen molar-refractivity contribution in [2.45, 2.75) is 26.7 Å². The van der Waals surface area contributed by atoms with E-state index >= 15 is 0 Å². The molecule has 3 aromatic rings. The molecule has 0 bridgehead atoms. The van der Waals surface area contributed by atoms with Crippen molar-refractivity contribution in [2.75, 3.05) is 0 Å². The number of carbonyl (C=O) groups excluding carboxylic acids is 1. The highest BCUT2D eigenvalue weighted by Gasteiger charge is 2.18. The van der Waals surface area contributed by atoms with Crippen LogP contribution in [0.3, 0.4) is 0 Å². The van der Waals surface area contributed by atoms with Gasteiger partial charge in [-0.2, -0.15) is 9.78 Å². The van der Waals surface area contributed by atoms with E-state index in [1.54, 1.807) is 15.6 Å². The van der Waals surface area contributed by atoms with Crippen molar-refractivity contribution in [3.05, 3.63) is 36.2 Å². The highest BCUT2D eigenvalue weighted by molar-refractivity contribution is 5.90. The first kappa shape index (κ1) is 16.7. The molecule has 1 atom stereocenters. The van der Waals surface area contributed by atoms with E-state index in [4.69, 9.17) is 5.73 Å². The largest absolute Gasteiger partial charge is 0.364 e. The Morgan fingerprint density at radius 3 is 2.68 bits per heavy atom. The lowest BCUT2D eigenvalue weighted by molar-refractivity contribution is 0.0995. The fourth-order valence-electron chi connectivity index (χ4n) is 2.37. The smallest absolute Gasteiger partial charge is 0.268 e. The molecule has 0 saturated heterocycles. The lowest BCUT2D eigenvalue weighted by Gasteiger charge is -2.05. The van der Waals surface area contributed by atoms with Gasteiger partial charge in [-0.3, -0.25) is 9.48 Å². The molecule has 3 aromatic heterocycles. The van der Waals surface area contributed by atoms with Gasteiger partial charge in [0.05, 0.1) is 18.6 Å². The minimum absolute atomic E-state index is 0.107. The van der Waals surface area contributed by atoms with Gasteiger partial charge in [-0.05, 0) is 5.92 Å². The summed E-state index contributed by atoms with van der Waals surface area (Å²) < 4.78 is 3.40. The number of aromatic nitrogens is 7. The molecule has 0 aliphatic carbocycles. The summed E-state index contributed by atoms with van der Waals surface area (Å²) in [5.74, 6) is 1.89. The van der Waals surface area contributed by atoms with Gasteiger partial charge in [0.25, 0.3) is 5.91 Å². The number of hydrogen-bond acceptors (Lipinski definition) is 6. The van der Waals surface area contributed by atoms with Crippen LogP contribution in [0.1, 0.15) is 36.6 Å². The van der Waals surface area contributed by atoms with Gasteiger partial charge in [0.1, 0.15) is 11.4 Å². The fourth-order valence-corrected chi connectivity index (χ4v) is 2.37. The van der Waals surface area contributed by atoms with E-state index < -0.39 is 5.91 Å². The van der Waals surface area contributed by atoms with Crippen LogP contribution in [-0.4, -0.2) is 40.4 Å². The van der Waals surface area contributed by atoms with Gasteiger partial charge in [0, 0.05) is 19.5 Å². The van der Waals surface area contributed by atoms with Crippen molar-refractivity contribution in [2.24, 2.45) is 18.7 Å². The number of nitrogens with zero attached hydrogens (tertiary/aromatic N) is 7. The van der Waals surface area contributed by atoms with Crippen LogP contribution in [0.5, 0.6) is 0 Å². The van der Waals surface area contributed by atoms with Crippen LogP contribution in [-0.2, 0) is 13.5 Å². The third-order valence-corrected chi connectivity index (χ3v) is 4.02. The first-order valence-corrected chi connectivity index (χ1v) is 8.06. The second-order valence-electron chi connectivity index (χ2n) is 5.95. The van der Waals surface area contributed by atoms with E-state index in [2.05, 4.69) is 39.0 Å². The zero-order valence-electron chi connectivity index (χ0n) is 14.4. The number of primary amides is 1. The van der Waals surface area contributed by atoms with Gasteiger partial charge in [-0.15, -0.1) is 5.10 Å². The molecule has 0 saturated carbocycles. The van der Waals surface area contributed by atoms with Crippen molar-refractivity contribution < 1.29 is 4.79 Å². The van der Waals surface area contributed by atoms with Crippen molar-refractivity contribution in [1.82, 2.24) is 34.5 Å². The molecule has 0 aliphatic heterocycles. The summed E-state index contributed by atoms with van der Waals surface area (Å²) >= 11 is 0. The lowest BCUT2D eigenvalue weighted by Crippen LogP contribution is -2.13. The van der Waals surface area contributed by atoms with E-state index in [1.165, 1.54) is 12.4 Å².